The van der Waals surface area contributed by atoms with Gasteiger partial charge in [0.15, 0.2) is 11.6 Å². The molecule has 1 aliphatic rings. The van der Waals surface area contributed by atoms with Crippen molar-refractivity contribution in [3.8, 4) is 0 Å². The van der Waals surface area contributed by atoms with Gasteiger partial charge < -0.3 is 10.1 Å². The fraction of sp³-hybridized carbons (Fsp3) is 0.263. The van der Waals surface area contributed by atoms with Gasteiger partial charge in [-0.3, -0.25) is 9.59 Å². The Labute approximate surface area is 155 Å². The minimum atomic E-state index is -0.139. The van der Waals surface area contributed by atoms with Gasteiger partial charge in [-0.2, -0.15) is 0 Å². The van der Waals surface area contributed by atoms with E-state index in [2.05, 4.69) is 5.32 Å². The third kappa shape index (κ3) is 7.26. The summed E-state index contributed by atoms with van der Waals surface area (Å²) in [6.45, 7) is 3.83. The fourth-order valence-corrected chi connectivity index (χ4v) is 2.11. The van der Waals surface area contributed by atoms with E-state index >= 15 is 0 Å². The summed E-state index contributed by atoms with van der Waals surface area (Å²) in [5.41, 5.74) is 1.16. The molecule has 3 rings (SSSR count). The zero-order chi connectivity index (χ0) is 16.3. The van der Waals surface area contributed by atoms with Crippen LogP contribution in [0.1, 0.15) is 27.1 Å². The third-order valence-electron chi connectivity index (χ3n) is 3.36. The summed E-state index contributed by atoms with van der Waals surface area (Å²) in [7, 11) is 0. The molecule has 0 aromatic heterocycles. The second-order valence-corrected chi connectivity index (χ2v) is 5.12. The van der Waals surface area contributed by atoms with Crippen LogP contribution in [0.25, 0.3) is 0 Å². The number of Topliss-reactive ketones (excluding diaryl/α,β-unsaturated/α-hetero) is 2. The molecule has 4 nitrogen and oxygen atoms in total. The summed E-state index contributed by atoms with van der Waals surface area (Å²) in [5, 5.41) is 3.16. The van der Waals surface area contributed by atoms with Crippen molar-refractivity contribution in [3.05, 3.63) is 71.8 Å². The minimum Gasteiger partial charge on any atom is -0.379 e. The SMILES string of the molecule is C1COCCN1.O=C(CC(=O)c1ccccc1)c1ccccc1.[Ru+3]. The second-order valence-electron chi connectivity index (χ2n) is 5.12. The molecule has 1 N–H and O–H groups in total. The molecule has 2 aromatic carbocycles. The molecule has 125 valence electrons. The first-order valence-corrected chi connectivity index (χ1v) is 7.72. The topological polar surface area (TPSA) is 55.4 Å². The molecule has 1 radical (unpaired) electrons. The number of hydrogen-bond acceptors (Lipinski definition) is 4. The van der Waals surface area contributed by atoms with Crippen molar-refractivity contribution in [2.75, 3.05) is 26.3 Å². The normalized spacial score (nSPS) is 13.0. The minimum absolute atomic E-state index is 0. The summed E-state index contributed by atoms with van der Waals surface area (Å²) in [6, 6.07) is 17.7. The predicted molar refractivity (Wildman–Crippen MR) is 89.9 cm³/mol. The van der Waals surface area contributed by atoms with Gasteiger partial charge in [0, 0.05) is 24.2 Å². The van der Waals surface area contributed by atoms with Gasteiger partial charge in [0.1, 0.15) is 0 Å². The monoisotopic (exact) mass is 413 g/mol. The standard InChI is InChI=1S/C15H12O2.C4H9NO.Ru/c16-14(12-7-3-1-4-8-12)11-15(17)13-9-5-2-6-10-13;1-3-6-4-2-5-1;/h1-10H,11H2;5H,1-4H2;/q;;+3. The maximum atomic E-state index is 11.8. The number of nitrogens with one attached hydrogen (secondary N) is 1. The van der Waals surface area contributed by atoms with Crippen LogP contribution in [0.2, 0.25) is 0 Å². The average Bonchev–Trinajstić information content (AvgIpc) is 2.65. The third-order valence-corrected chi connectivity index (χ3v) is 3.36. The number of hydrogen-bond donors (Lipinski definition) is 1. The quantitative estimate of drug-likeness (QED) is 0.477. The van der Waals surface area contributed by atoms with Gasteiger partial charge in [0.25, 0.3) is 0 Å². The number of benzene rings is 2. The Morgan fingerprint density at radius 3 is 1.50 bits per heavy atom. The zero-order valence-electron chi connectivity index (χ0n) is 13.4. The van der Waals surface area contributed by atoms with Crippen LogP contribution in [0.4, 0.5) is 0 Å². The van der Waals surface area contributed by atoms with Crippen molar-refractivity contribution < 1.29 is 33.8 Å². The molecule has 0 atom stereocenters. The molecule has 0 saturated carbocycles. The Bertz CT molecular complexity index is 552. The van der Waals surface area contributed by atoms with Gasteiger partial charge in [-0.15, -0.1) is 0 Å². The van der Waals surface area contributed by atoms with Crippen molar-refractivity contribution in [1.29, 1.82) is 0 Å². The molecule has 0 unspecified atom stereocenters. The van der Waals surface area contributed by atoms with Crippen LogP contribution in [0.15, 0.2) is 60.7 Å². The Hall–Kier alpha value is -1.68. The molecule has 1 heterocycles. The van der Waals surface area contributed by atoms with Crippen molar-refractivity contribution in [3.63, 3.8) is 0 Å². The molecule has 2 aromatic rings. The first kappa shape index (κ1) is 20.4. The number of ether oxygens (including phenoxy) is 1. The molecule has 1 aliphatic heterocycles. The van der Waals surface area contributed by atoms with Gasteiger partial charge in [-0.1, -0.05) is 60.7 Å². The fourth-order valence-electron chi connectivity index (χ4n) is 2.11. The predicted octanol–water partition coefficient (Wildman–Crippen LogP) is 2.75. The van der Waals surface area contributed by atoms with Crippen LogP contribution < -0.4 is 5.32 Å². The van der Waals surface area contributed by atoms with E-state index in [0.29, 0.717) is 11.1 Å². The van der Waals surface area contributed by atoms with Gasteiger partial charge in [0.2, 0.25) is 0 Å². The van der Waals surface area contributed by atoms with E-state index in [0.717, 1.165) is 26.3 Å². The van der Waals surface area contributed by atoms with Crippen LogP contribution >= 0.6 is 0 Å². The van der Waals surface area contributed by atoms with E-state index in [1.807, 2.05) is 12.1 Å². The summed E-state index contributed by atoms with van der Waals surface area (Å²) >= 11 is 0. The van der Waals surface area contributed by atoms with Crippen LogP contribution in [0.3, 0.4) is 0 Å². The van der Waals surface area contributed by atoms with E-state index in [-0.39, 0.29) is 37.5 Å². The zero-order valence-corrected chi connectivity index (χ0v) is 15.1. The molecule has 0 spiro atoms. The Morgan fingerprint density at radius 2 is 1.21 bits per heavy atom. The van der Waals surface area contributed by atoms with E-state index in [4.69, 9.17) is 4.74 Å². The smallest absolute Gasteiger partial charge is 0.379 e. The summed E-state index contributed by atoms with van der Waals surface area (Å²) in [4.78, 5) is 23.6. The van der Waals surface area contributed by atoms with Crippen LogP contribution in [-0.2, 0) is 24.2 Å². The number of carbonyl (C=O) groups is 2. The van der Waals surface area contributed by atoms with Gasteiger partial charge >= 0.3 is 19.5 Å². The van der Waals surface area contributed by atoms with E-state index in [9.17, 15) is 9.59 Å². The summed E-state index contributed by atoms with van der Waals surface area (Å²) in [6.07, 6.45) is -0.0754. The van der Waals surface area contributed by atoms with Gasteiger partial charge in [-0.25, -0.2) is 0 Å². The summed E-state index contributed by atoms with van der Waals surface area (Å²) in [5.74, 6) is -0.279. The van der Waals surface area contributed by atoms with Crippen molar-refractivity contribution in [2.45, 2.75) is 6.42 Å². The van der Waals surface area contributed by atoms with E-state index < -0.39 is 0 Å². The molecule has 0 amide bonds. The molecular weight excluding hydrogens is 391 g/mol. The first-order chi connectivity index (χ1) is 11.3. The Balaban J connectivity index is 0.000000349. The van der Waals surface area contributed by atoms with Crippen molar-refractivity contribution >= 4 is 11.6 Å². The summed E-state index contributed by atoms with van der Waals surface area (Å²) < 4.78 is 5.01. The first-order valence-electron chi connectivity index (χ1n) is 7.72. The molecule has 0 bridgehead atoms. The maximum absolute atomic E-state index is 11.8. The number of morpholine rings is 1. The Morgan fingerprint density at radius 1 is 0.792 bits per heavy atom. The van der Waals surface area contributed by atoms with E-state index in [1.54, 1.807) is 48.5 Å². The molecule has 24 heavy (non-hydrogen) atoms. The molecular formula is C19H21NO3Ru+3. The molecule has 1 saturated heterocycles. The molecule has 5 heteroatoms. The van der Waals surface area contributed by atoms with Crippen LogP contribution in [-0.4, -0.2) is 37.9 Å². The maximum Gasteiger partial charge on any atom is 3.00 e. The number of ketones is 2. The van der Waals surface area contributed by atoms with Crippen LogP contribution in [0, 0.1) is 0 Å². The molecule has 0 aliphatic carbocycles. The number of carbonyl (C=O) groups excluding carboxylic acids is 2. The Kier molecular flexibility index (Phi) is 10.0. The second kappa shape index (κ2) is 11.8. The van der Waals surface area contributed by atoms with Gasteiger partial charge in [0.05, 0.1) is 19.6 Å². The number of rotatable bonds is 4. The van der Waals surface area contributed by atoms with Gasteiger partial charge in [-0.05, 0) is 0 Å². The van der Waals surface area contributed by atoms with Crippen molar-refractivity contribution in [2.24, 2.45) is 0 Å². The van der Waals surface area contributed by atoms with E-state index in [1.165, 1.54) is 0 Å². The van der Waals surface area contributed by atoms with Crippen molar-refractivity contribution in [1.82, 2.24) is 5.32 Å². The van der Waals surface area contributed by atoms with Crippen LogP contribution in [0.5, 0.6) is 0 Å². The molecule has 1 fully saturated rings. The largest absolute Gasteiger partial charge is 3.00 e. The average molecular weight is 412 g/mol.